The first-order chi connectivity index (χ1) is 19.2. The predicted octanol–water partition coefficient (Wildman–Crippen LogP) is 5.89. The molecule has 0 amide bonds. The Balaban J connectivity index is 1.41. The monoisotopic (exact) mass is 564 g/mol. The molecule has 5 rings (SSSR count). The number of ketones is 1. The average Bonchev–Trinajstić information content (AvgIpc) is 3.38. The Morgan fingerprint density at radius 1 is 1.18 bits per heavy atom. The lowest BCUT2D eigenvalue weighted by atomic mass is 9.97. The molecule has 2 N–H and O–H groups in total. The fourth-order valence-corrected chi connectivity index (χ4v) is 6.04. The molecule has 40 heavy (non-hydrogen) atoms. The zero-order valence-corrected chi connectivity index (χ0v) is 23.1. The number of H-pyrrole nitrogens is 1. The number of hydrogen-bond acceptors (Lipinski definition) is 6. The average molecular weight is 565 g/mol. The van der Waals surface area contributed by atoms with Crippen molar-refractivity contribution in [2.24, 2.45) is 11.8 Å². The summed E-state index contributed by atoms with van der Waals surface area (Å²) in [6.45, 7) is 5.40. The van der Waals surface area contributed by atoms with Crippen molar-refractivity contribution in [3.8, 4) is 11.1 Å². The van der Waals surface area contributed by atoms with E-state index in [0.29, 0.717) is 11.0 Å². The first kappa shape index (κ1) is 27.8. The van der Waals surface area contributed by atoms with E-state index in [-0.39, 0.29) is 28.8 Å². The van der Waals surface area contributed by atoms with Crippen LogP contribution in [0.1, 0.15) is 42.6 Å². The van der Waals surface area contributed by atoms with E-state index in [1.807, 2.05) is 38.1 Å². The van der Waals surface area contributed by atoms with Gasteiger partial charge in [-0.1, -0.05) is 26.0 Å². The number of pyridine rings is 1. The van der Waals surface area contributed by atoms with Gasteiger partial charge in [-0.25, -0.2) is 18.5 Å². The Kier molecular flexibility index (Phi) is 8.18. The van der Waals surface area contributed by atoms with Crippen LogP contribution in [0.5, 0.6) is 0 Å². The van der Waals surface area contributed by atoms with Gasteiger partial charge in [0.2, 0.25) is 5.78 Å². The van der Waals surface area contributed by atoms with Gasteiger partial charge in [0.25, 0.3) is 0 Å². The smallest absolute Gasteiger partial charge is 0.201 e. The van der Waals surface area contributed by atoms with Crippen molar-refractivity contribution < 1.29 is 22.9 Å². The Morgan fingerprint density at radius 3 is 2.58 bits per heavy atom. The summed E-state index contributed by atoms with van der Waals surface area (Å²) < 4.78 is 45.0. The third kappa shape index (κ3) is 5.73. The third-order valence-electron chi connectivity index (χ3n) is 7.10. The number of hydrogen-bond donors (Lipinski definition) is 2. The number of nitrogens with zero attached hydrogens (tertiary/aromatic N) is 2. The minimum Gasteiger partial charge on any atom is -0.593 e. The minimum atomic E-state index is -1.59. The maximum absolute atomic E-state index is 15.3. The van der Waals surface area contributed by atoms with Crippen molar-refractivity contribution in [2.75, 3.05) is 28.5 Å². The number of aromatic nitrogens is 2. The predicted molar refractivity (Wildman–Crippen MR) is 154 cm³/mol. The van der Waals surface area contributed by atoms with Gasteiger partial charge in [-0.2, -0.15) is 0 Å². The fraction of sp³-hybridized carbons (Fsp3) is 0.300. The van der Waals surface area contributed by atoms with Crippen molar-refractivity contribution in [3.63, 3.8) is 0 Å². The van der Waals surface area contributed by atoms with Crippen molar-refractivity contribution in [1.29, 1.82) is 0 Å². The van der Waals surface area contributed by atoms with Crippen molar-refractivity contribution >= 4 is 45.8 Å². The molecule has 7 nitrogen and oxygen atoms in total. The highest BCUT2D eigenvalue weighted by molar-refractivity contribution is 7.92. The number of halogens is 2. The van der Waals surface area contributed by atoms with E-state index < -0.39 is 34.3 Å². The normalized spacial score (nSPS) is 15.0. The Labute approximate surface area is 234 Å². The molecule has 208 valence electrons. The molecule has 1 saturated heterocycles. The maximum atomic E-state index is 15.3. The van der Waals surface area contributed by atoms with E-state index in [4.69, 9.17) is 0 Å². The zero-order valence-electron chi connectivity index (χ0n) is 22.2. The van der Waals surface area contributed by atoms with E-state index in [1.165, 1.54) is 6.20 Å². The number of carbonyl (C=O) groups excluding carboxylic acids is 2. The molecule has 1 fully saturated rings. The van der Waals surface area contributed by atoms with Gasteiger partial charge in [-0.3, -0.25) is 4.79 Å². The van der Waals surface area contributed by atoms with Gasteiger partial charge < -0.3 is 19.2 Å². The van der Waals surface area contributed by atoms with Gasteiger partial charge >= 0.3 is 0 Å². The Bertz CT molecular complexity index is 1530. The number of anilines is 2. The van der Waals surface area contributed by atoms with Crippen LogP contribution in [0, 0.1) is 23.5 Å². The summed E-state index contributed by atoms with van der Waals surface area (Å²) in [6.07, 6.45) is 5.79. The van der Waals surface area contributed by atoms with Gasteiger partial charge in [-0.05, 0) is 48.7 Å². The largest absolute Gasteiger partial charge is 0.593 e. The first-order valence-electron chi connectivity index (χ1n) is 13.2. The van der Waals surface area contributed by atoms with Crippen molar-refractivity contribution in [1.82, 2.24) is 9.97 Å². The maximum Gasteiger partial charge on any atom is 0.201 e. The second-order valence-electron chi connectivity index (χ2n) is 10.5. The molecule has 1 aliphatic heterocycles. The van der Waals surface area contributed by atoms with E-state index in [1.54, 1.807) is 12.3 Å². The first-order valence-corrected chi connectivity index (χ1v) is 14.5. The summed E-state index contributed by atoms with van der Waals surface area (Å²) in [5.41, 5.74) is 2.25. The molecule has 0 aliphatic carbocycles. The van der Waals surface area contributed by atoms with Gasteiger partial charge in [0.15, 0.2) is 5.82 Å². The van der Waals surface area contributed by atoms with E-state index in [2.05, 4.69) is 19.6 Å². The summed E-state index contributed by atoms with van der Waals surface area (Å²) in [5, 5.41) is 0.433. The number of benzene rings is 2. The highest BCUT2D eigenvalue weighted by Crippen LogP contribution is 2.31. The highest BCUT2D eigenvalue weighted by atomic mass is 32.2. The van der Waals surface area contributed by atoms with E-state index >= 15 is 4.39 Å². The SMILES string of the molecule is CC(C)C[S+]([O-])Nc1ccc(F)c(C(=O)c2c[nH]c3ncc(-c4ccc(N5CCC(C=O)CC5)cc4)cc23)c1F. The summed E-state index contributed by atoms with van der Waals surface area (Å²) >= 11 is -1.59. The second kappa shape index (κ2) is 11.8. The lowest BCUT2D eigenvalue weighted by Gasteiger charge is -2.31. The van der Waals surface area contributed by atoms with Crippen LogP contribution in [0.15, 0.2) is 54.9 Å². The van der Waals surface area contributed by atoms with Crippen LogP contribution in [-0.2, 0) is 16.2 Å². The van der Waals surface area contributed by atoms with E-state index in [0.717, 1.165) is 61.2 Å². The molecule has 2 aromatic heterocycles. The molecule has 1 unspecified atom stereocenters. The lowest BCUT2D eigenvalue weighted by Crippen LogP contribution is -2.33. The molecule has 2 aromatic carbocycles. The van der Waals surface area contributed by atoms with Crippen LogP contribution < -0.4 is 9.62 Å². The summed E-state index contributed by atoms with van der Waals surface area (Å²) in [6, 6.07) is 11.8. The summed E-state index contributed by atoms with van der Waals surface area (Å²) in [7, 11) is 0. The number of piperidine rings is 1. The molecule has 1 aliphatic rings. The molecule has 0 bridgehead atoms. The van der Waals surface area contributed by atoms with Crippen LogP contribution in [0.4, 0.5) is 20.2 Å². The molecule has 1 atom stereocenters. The molecule has 0 saturated carbocycles. The highest BCUT2D eigenvalue weighted by Gasteiger charge is 2.26. The van der Waals surface area contributed by atoms with Gasteiger partial charge in [-0.15, -0.1) is 0 Å². The Hall–Kier alpha value is -3.76. The number of carbonyl (C=O) groups is 2. The molecule has 3 heterocycles. The minimum absolute atomic E-state index is 0.0808. The van der Waals surface area contributed by atoms with Gasteiger partial charge in [0.1, 0.15) is 29.2 Å². The van der Waals surface area contributed by atoms with E-state index in [9.17, 15) is 18.5 Å². The Morgan fingerprint density at radius 2 is 1.90 bits per heavy atom. The molecular formula is C30H30F2N4O3S. The van der Waals surface area contributed by atoms with Crippen LogP contribution in [-0.4, -0.2) is 45.4 Å². The van der Waals surface area contributed by atoms with Crippen molar-refractivity contribution in [3.05, 3.63) is 77.6 Å². The number of aldehydes is 1. The van der Waals surface area contributed by atoms with Crippen LogP contribution >= 0.6 is 0 Å². The second-order valence-corrected chi connectivity index (χ2v) is 11.7. The number of aromatic amines is 1. The summed E-state index contributed by atoms with van der Waals surface area (Å²) in [4.78, 5) is 34.1. The van der Waals surface area contributed by atoms with Crippen molar-refractivity contribution in [2.45, 2.75) is 26.7 Å². The van der Waals surface area contributed by atoms with Crippen LogP contribution in [0.25, 0.3) is 22.2 Å². The third-order valence-corrected chi connectivity index (χ3v) is 8.52. The van der Waals surface area contributed by atoms with Gasteiger partial charge in [0, 0.05) is 59.5 Å². The number of fused-ring (bicyclic) bond motifs is 1. The topological polar surface area (TPSA) is 101 Å². The number of rotatable bonds is 9. The molecular weight excluding hydrogens is 534 g/mol. The lowest BCUT2D eigenvalue weighted by molar-refractivity contribution is -0.111. The fourth-order valence-electron chi connectivity index (χ4n) is 4.95. The summed E-state index contributed by atoms with van der Waals surface area (Å²) in [5.74, 6) is -2.43. The van der Waals surface area contributed by atoms with Gasteiger partial charge in [0.05, 0.1) is 16.9 Å². The molecule has 0 spiro atoms. The zero-order chi connectivity index (χ0) is 28.4. The molecule has 10 heteroatoms. The standard InChI is InChI=1S/C30H30F2N4O3S/c1-18(2)17-40(39)35-26-8-7-25(31)27(28(26)32)29(38)24-15-34-30-23(24)13-21(14-33-30)20-3-5-22(6-4-20)36-11-9-19(16-37)10-12-36/h3-8,13-16,18-19,35H,9-12,17H2,1-2H3,(H,33,34). The van der Waals surface area contributed by atoms with Crippen LogP contribution in [0.2, 0.25) is 0 Å². The molecule has 4 aromatic rings. The molecule has 0 radical (unpaired) electrons. The number of nitrogens with one attached hydrogen (secondary N) is 2. The quantitative estimate of drug-likeness (QED) is 0.149. The van der Waals surface area contributed by atoms with Crippen LogP contribution in [0.3, 0.4) is 0 Å².